The van der Waals surface area contributed by atoms with Crippen LogP contribution in [0.25, 0.3) is 0 Å². The molecule has 28 heavy (non-hydrogen) atoms. The number of amides is 4. The fourth-order valence-electron chi connectivity index (χ4n) is 3.36. The molecule has 146 valence electrons. The highest BCUT2D eigenvalue weighted by atomic mass is 16.2. The van der Waals surface area contributed by atoms with Gasteiger partial charge in [-0.1, -0.05) is 48.5 Å². The van der Waals surface area contributed by atoms with Crippen molar-refractivity contribution in [2.24, 2.45) is 0 Å². The van der Waals surface area contributed by atoms with Gasteiger partial charge in [-0.2, -0.15) is 0 Å². The minimum absolute atomic E-state index is 0.0526. The van der Waals surface area contributed by atoms with Crippen LogP contribution in [0.15, 0.2) is 60.7 Å². The Kier molecular flexibility index (Phi) is 5.78. The maximum absolute atomic E-state index is 12.9. The van der Waals surface area contributed by atoms with E-state index < -0.39 is 12.1 Å². The molecule has 0 bridgehead atoms. The first kappa shape index (κ1) is 19.6. The molecular formula is C22H25N3O3. The van der Waals surface area contributed by atoms with E-state index in [-0.39, 0.29) is 24.4 Å². The van der Waals surface area contributed by atoms with Gasteiger partial charge in [0.15, 0.2) is 0 Å². The van der Waals surface area contributed by atoms with Gasteiger partial charge in [-0.25, -0.2) is 4.79 Å². The van der Waals surface area contributed by atoms with E-state index in [0.717, 1.165) is 10.5 Å². The van der Waals surface area contributed by atoms with Crippen LogP contribution in [0.2, 0.25) is 0 Å². The van der Waals surface area contributed by atoms with E-state index in [1.54, 1.807) is 24.0 Å². The summed E-state index contributed by atoms with van der Waals surface area (Å²) in [5.41, 5.74) is 1.65. The number of imide groups is 1. The fraction of sp³-hybridized carbons (Fsp3) is 0.318. The lowest BCUT2D eigenvalue weighted by molar-refractivity contribution is -0.138. The van der Waals surface area contributed by atoms with Crippen LogP contribution >= 0.6 is 0 Å². The van der Waals surface area contributed by atoms with Crippen molar-refractivity contribution >= 4 is 23.5 Å². The van der Waals surface area contributed by atoms with Crippen LogP contribution in [0.4, 0.5) is 10.5 Å². The highest BCUT2D eigenvalue weighted by molar-refractivity contribution is 6.15. The standard InChI is InChI=1S/C22H25N3O3/c1-16(2)23(14-18-10-6-4-7-11-18)20(26)15-24-21(27)17(3)25(22(24)28)19-12-8-5-9-13-19/h4-13,16-17H,14-15H2,1-3H3. The summed E-state index contributed by atoms with van der Waals surface area (Å²) in [7, 11) is 0. The molecule has 6 nitrogen and oxygen atoms in total. The largest absolute Gasteiger partial charge is 0.334 e. The summed E-state index contributed by atoms with van der Waals surface area (Å²) < 4.78 is 0. The van der Waals surface area contributed by atoms with Crippen molar-refractivity contribution in [2.75, 3.05) is 11.4 Å². The first-order chi connectivity index (χ1) is 13.4. The SMILES string of the molecule is CC(C)N(Cc1ccccc1)C(=O)CN1C(=O)C(C)N(c2ccccc2)C1=O. The molecule has 1 fully saturated rings. The zero-order chi connectivity index (χ0) is 20.3. The number of urea groups is 1. The summed E-state index contributed by atoms with van der Waals surface area (Å²) in [6.07, 6.45) is 0. The second-order valence-corrected chi connectivity index (χ2v) is 7.19. The molecule has 1 atom stereocenters. The first-order valence-electron chi connectivity index (χ1n) is 9.43. The number of hydrogen-bond acceptors (Lipinski definition) is 3. The molecule has 0 aromatic heterocycles. The second-order valence-electron chi connectivity index (χ2n) is 7.19. The summed E-state index contributed by atoms with van der Waals surface area (Å²) in [6.45, 7) is 5.71. The Morgan fingerprint density at radius 1 is 1.00 bits per heavy atom. The van der Waals surface area contributed by atoms with Crippen molar-refractivity contribution in [2.45, 2.75) is 39.4 Å². The molecule has 1 aliphatic rings. The van der Waals surface area contributed by atoms with E-state index in [9.17, 15) is 14.4 Å². The molecule has 1 heterocycles. The van der Waals surface area contributed by atoms with Crippen LogP contribution < -0.4 is 4.90 Å². The van der Waals surface area contributed by atoms with Gasteiger partial charge >= 0.3 is 6.03 Å². The maximum Gasteiger partial charge on any atom is 0.332 e. The molecule has 0 N–H and O–H groups in total. The molecule has 0 radical (unpaired) electrons. The van der Waals surface area contributed by atoms with Crippen molar-refractivity contribution in [1.82, 2.24) is 9.80 Å². The molecule has 1 unspecified atom stereocenters. The second kappa shape index (κ2) is 8.25. The molecule has 6 heteroatoms. The molecule has 1 saturated heterocycles. The van der Waals surface area contributed by atoms with Crippen LogP contribution in [0.3, 0.4) is 0 Å². The molecule has 0 aliphatic carbocycles. The van der Waals surface area contributed by atoms with Crippen LogP contribution in [-0.2, 0) is 16.1 Å². The Labute approximate surface area is 165 Å². The average Bonchev–Trinajstić information content (AvgIpc) is 2.90. The number of nitrogens with zero attached hydrogens (tertiary/aromatic N) is 3. The predicted molar refractivity (Wildman–Crippen MR) is 108 cm³/mol. The van der Waals surface area contributed by atoms with E-state index in [0.29, 0.717) is 12.2 Å². The van der Waals surface area contributed by atoms with Gasteiger partial charge in [-0.05, 0) is 38.5 Å². The third-order valence-electron chi connectivity index (χ3n) is 4.91. The molecule has 1 aliphatic heterocycles. The third kappa shape index (κ3) is 3.91. The van der Waals surface area contributed by atoms with Crippen LogP contribution in [-0.4, -0.2) is 46.3 Å². The fourth-order valence-corrected chi connectivity index (χ4v) is 3.36. The zero-order valence-electron chi connectivity index (χ0n) is 16.4. The van der Waals surface area contributed by atoms with Gasteiger partial charge < -0.3 is 4.90 Å². The number of rotatable bonds is 6. The summed E-state index contributed by atoms with van der Waals surface area (Å²) in [5, 5.41) is 0. The lowest BCUT2D eigenvalue weighted by Crippen LogP contribution is -2.45. The monoisotopic (exact) mass is 379 g/mol. The number of para-hydroxylation sites is 1. The van der Waals surface area contributed by atoms with Gasteiger partial charge in [-0.3, -0.25) is 19.4 Å². The van der Waals surface area contributed by atoms with Gasteiger partial charge in [0.2, 0.25) is 5.91 Å². The lowest BCUT2D eigenvalue weighted by Gasteiger charge is -2.28. The Bertz CT molecular complexity index is 852. The number of carbonyl (C=O) groups excluding carboxylic acids is 3. The Morgan fingerprint density at radius 2 is 1.57 bits per heavy atom. The minimum Gasteiger partial charge on any atom is -0.334 e. The van der Waals surface area contributed by atoms with E-state index >= 15 is 0 Å². The topological polar surface area (TPSA) is 60.9 Å². The van der Waals surface area contributed by atoms with Crippen molar-refractivity contribution in [1.29, 1.82) is 0 Å². The molecular weight excluding hydrogens is 354 g/mol. The van der Waals surface area contributed by atoms with Crippen molar-refractivity contribution in [3.8, 4) is 0 Å². The molecule has 4 amide bonds. The Morgan fingerprint density at radius 3 is 2.14 bits per heavy atom. The zero-order valence-corrected chi connectivity index (χ0v) is 16.4. The van der Waals surface area contributed by atoms with Crippen LogP contribution in [0, 0.1) is 0 Å². The van der Waals surface area contributed by atoms with Crippen molar-refractivity contribution in [3.05, 3.63) is 66.2 Å². The molecule has 0 spiro atoms. The normalized spacial score (nSPS) is 16.8. The van der Waals surface area contributed by atoms with E-state index in [2.05, 4.69) is 0 Å². The maximum atomic E-state index is 12.9. The predicted octanol–water partition coefficient (Wildman–Crippen LogP) is 3.28. The average molecular weight is 379 g/mol. The molecule has 2 aromatic carbocycles. The Balaban J connectivity index is 1.76. The Hall–Kier alpha value is -3.15. The first-order valence-corrected chi connectivity index (χ1v) is 9.43. The molecule has 3 rings (SSSR count). The third-order valence-corrected chi connectivity index (χ3v) is 4.91. The van der Waals surface area contributed by atoms with Crippen LogP contribution in [0.5, 0.6) is 0 Å². The summed E-state index contributed by atoms with van der Waals surface area (Å²) in [6, 6.07) is 17.6. The summed E-state index contributed by atoms with van der Waals surface area (Å²) in [5.74, 6) is -0.603. The van der Waals surface area contributed by atoms with Gasteiger partial charge in [0.25, 0.3) is 5.91 Å². The number of benzene rings is 2. The van der Waals surface area contributed by atoms with E-state index in [4.69, 9.17) is 0 Å². The lowest BCUT2D eigenvalue weighted by atomic mass is 10.2. The van der Waals surface area contributed by atoms with Gasteiger partial charge in [-0.15, -0.1) is 0 Å². The number of anilines is 1. The van der Waals surface area contributed by atoms with Gasteiger partial charge in [0.05, 0.1) is 0 Å². The smallest absolute Gasteiger partial charge is 0.332 e. The highest BCUT2D eigenvalue weighted by Crippen LogP contribution is 2.25. The number of carbonyl (C=O) groups is 3. The van der Waals surface area contributed by atoms with E-state index in [1.165, 1.54) is 4.90 Å². The minimum atomic E-state index is -0.635. The van der Waals surface area contributed by atoms with E-state index in [1.807, 2.05) is 62.4 Å². The highest BCUT2D eigenvalue weighted by Gasteiger charge is 2.44. The van der Waals surface area contributed by atoms with Gasteiger partial charge in [0, 0.05) is 18.3 Å². The van der Waals surface area contributed by atoms with Crippen molar-refractivity contribution < 1.29 is 14.4 Å². The summed E-state index contributed by atoms with van der Waals surface area (Å²) >= 11 is 0. The molecule has 0 saturated carbocycles. The van der Waals surface area contributed by atoms with Crippen molar-refractivity contribution in [3.63, 3.8) is 0 Å². The van der Waals surface area contributed by atoms with Gasteiger partial charge in [0.1, 0.15) is 12.6 Å². The molecule has 2 aromatic rings. The number of hydrogen-bond donors (Lipinski definition) is 0. The quantitative estimate of drug-likeness (QED) is 0.724. The summed E-state index contributed by atoms with van der Waals surface area (Å²) in [4.78, 5) is 42.7. The van der Waals surface area contributed by atoms with Crippen LogP contribution in [0.1, 0.15) is 26.3 Å².